The van der Waals surface area contributed by atoms with E-state index in [0.29, 0.717) is 18.8 Å². The summed E-state index contributed by atoms with van der Waals surface area (Å²) in [5.41, 5.74) is 0.597. The van der Waals surface area contributed by atoms with Crippen molar-refractivity contribution in [3.8, 4) is 0 Å². The van der Waals surface area contributed by atoms with E-state index in [9.17, 15) is 14.4 Å². The van der Waals surface area contributed by atoms with E-state index >= 15 is 0 Å². The molecule has 0 spiro atoms. The van der Waals surface area contributed by atoms with Gasteiger partial charge in [0.1, 0.15) is 0 Å². The number of anilines is 1. The molecule has 0 atom stereocenters. The van der Waals surface area contributed by atoms with Gasteiger partial charge in [-0.25, -0.2) is 4.79 Å². The Balaban J connectivity index is 2.35. The minimum Gasteiger partial charge on any atom is -0.475 e. The first kappa shape index (κ1) is 12.1. The number of benzene rings is 1. The number of aliphatic carboxylic acids is 1. The molecule has 0 bridgehead atoms. The van der Waals surface area contributed by atoms with Crippen LogP contribution in [0.1, 0.15) is 10.4 Å². The van der Waals surface area contributed by atoms with Crippen LogP contribution in [0.15, 0.2) is 24.3 Å². The number of nitrogens with zero attached hydrogens (tertiary/aromatic N) is 1. The summed E-state index contributed by atoms with van der Waals surface area (Å²) < 4.78 is 0. The largest absolute Gasteiger partial charge is 0.475 e. The standard InChI is InChI=1S/C12H12N2O4/c15-10-7-14(6-5-13-10)9-4-2-1-3-8(9)11(16)12(17)18/h1-4H,5-7H2,(H,13,15)(H,17,18). The van der Waals surface area contributed by atoms with E-state index in [2.05, 4.69) is 5.32 Å². The van der Waals surface area contributed by atoms with Crippen LogP contribution in [0.4, 0.5) is 5.69 Å². The Bertz CT molecular complexity index is 513. The van der Waals surface area contributed by atoms with Gasteiger partial charge in [0.25, 0.3) is 5.78 Å². The first-order chi connectivity index (χ1) is 8.59. The number of amides is 1. The van der Waals surface area contributed by atoms with Crippen molar-refractivity contribution in [1.82, 2.24) is 5.32 Å². The van der Waals surface area contributed by atoms with Gasteiger partial charge in [0.2, 0.25) is 5.91 Å². The molecule has 1 aromatic carbocycles. The number of Topliss-reactive ketones (excluding diaryl/α,β-unsaturated/α-hetero) is 1. The van der Waals surface area contributed by atoms with Crippen molar-refractivity contribution in [1.29, 1.82) is 0 Å². The van der Waals surface area contributed by atoms with Gasteiger partial charge in [-0.05, 0) is 12.1 Å². The molecule has 1 aromatic rings. The number of rotatable bonds is 3. The SMILES string of the molecule is O=C1CN(c2ccccc2C(=O)C(=O)O)CCN1. The zero-order valence-corrected chi connectivity index (χ0v) is 9.55. The van der Waals surface area contributed by atoms with Crippen LogP contribution in [0.2, 0.25) is 0 Å². The average molecular weight is 248 g/mol. The van der Waals surface area contributed by atoms with Crippen molar-refractivity contribution < 1.29 is 19.5 Å². The Morgan fingerprint density at radius 1 is 1.28 bits per heavy atom. The predicted molar refractivity (Wildman–Crippen MR) is 63.6 cm³/mol. The molecule has 0 unspecified atom stereocenters. The number of para-hydroxylation sites is 1. The number of nitrogens with one attached hydrogen (secondary N) is 1. The molecule has 0 aromatic heterocycles. The van der Waals surface area contributed by atoms with Crippen molar-refractivity contribution in [2.45, 2.75) is 0 Å². The van der Waals surface area contributed by atoms with E-state index in [1.807, 2.05) is 0 Å². The molecule has 1 aliphatic rings. The summed E-state index contributed by atoms with van der Waals surface area (Å²) in [7, 11) is 0. The maximum absolute atomic E-state index is 11.6. The average Bonchev–Trinajstić information content (AvgIpc) is 2.38. The molecule has 0 saturated carbocycles. The van der Waals surface area contributed by atoms with E-state index in [-0.39, 0.29) is 18.0 Å². The molecule has 6 heteroatoms. The Kier molecular flexibility index (Phi) is 3.27. The van der Waals surface area contributed by atoms with Crippen molar-refractivity contribution in [2.75, 3.05) is 24.5 Å². The highest BCUT2D eigenvalue weighted by Gasteiger charge is 2.24. The van der Waals surface area contributed by atoms with Gasteiger partial charge in [-0.3, -0.25) is 9.59 Å². The van der Waals surface area contributed by atoms with Gasteiger partial charge in [-0.1, -0.05) is 12.1 Å². The highest BCUT2D eigenvalue weighted by atomic mass is 16.4. The van der Waals surface area contributed by atoms with E-state index < -0.39 is 11.8 Å². The Morgan fingerprint density at radius 2 is 2.00 bits per heavy atom. The Hall–Kier alpha value is -2.37. The monoisotopic (exact) mass is 248 g/mol. The van der Waals surface area contributed by atoms with Crippen LogP contribution in [-0.2, 0) is 9.59 Å². The number of carbonyl (C=O) groups is 3. The zero-order chi connectivity index (χ0) is 13.1. The highest BCUT2D eigenvalue weighted by molar-refractivity contribution is 6.41. The van der Waals surface area contributed by atoms with Crippen molar-refractivity contribution >= 4 is 23.3 Å². The second-order valence-corrected chi connectivity index (χ2v) is 3.92. The normalized spacial score (nSPS) is 15.1. The lowest BCUT2D eigenvalue weighted by Gasteiger charge is -2.29. The topological polar surface area (TPSA) is 86.7 Å². The first-order valence-electron chi connectivity index (χ1n) is 5.48. The van der Waals surface area contributed by atoms with Crippen molar-refractivity contribution in [2.24, 2.45) is 0 Å². The van der Waals surface area contributed by atoms with Crippen molar-refractivity contribution in [3.63, 3.8) is 0 Å². The summed E-state index contributed by atoms with van der Waals surface area (Å²) in [5.74, 6) is -2.60. The molecule has 18 heavy (non-hydrogen) atoms. The number of ketones is 1. The van der Waals surface area contributed by atoms with Crippen LogP contribution in [0.25, 0.3) is 0 Å². The molecular weight excluding hydrogens is 236 g/mol. The molecule has 2 rings (SSSR count). The van der Waals surface area contributed by atoms with Crippen LogP contribution in [0.3, 0.4) is 0 Å². The van der Waals surface area contributed by atoms with Crippen LogP contribution in [0.5, 0.6) is 0 Å². The summed E-state index contributed by atoms with van der Waals surface area (Å²) in [5, 5.41) is 11.4. The van der Waals surface area contributed by atoms with Crippen LogP contribution in [-0.4, -0.2) is 42.4 Å². The fourth-order valence-electron chi connectivity index (χ4n) is 1.90. The smallest absolute Gasteiger partial charge is 0.377 e. The Morgan fingerprint density at radius 3 is 2.67 bits per heavy atom. The van der Waals surface area contributed by atoms with Crippen LogP contribution in [0, 0.1) is 0 Å². The molecule has 2 N–H and O–H groups in total. The van der Waals surface area contributed by atoms with E-state index in [4.69, 9.17) is 5.11 Å². The number of piperazine rings is 1. The molecule has 1 amide bonds. The molecule has 1 saturated heterocycles. The molecule has 0 radical (unpaired) electrons. The van der Waals surface area contributed by atoms with Crippen molar-refractivity contribution in [3.05, 3.63) is 29.8 Å². The minimum atomic E-state index is -1.50. The second kappa shape index (κ2) is 4.87. The quantitative estimate of drug-likeness (QED) is 0.575. The molecule has 94 valence electrons. The van der Waals surface area contributed by atoms with Gasteiger partial charge in [0.15, 0.2) is 0 Å². The lowest BCUT2D eigenvalue weighted by molar-refractivity contribution is -0.131. The van der Waals surface area contributed by atoms with E-state index in [1.54, 1.807) is 23.1 Å². The van der Waals surface area contributed by atoms with Gasteiger partial charge in [-0.2, -0.15) is 0 Å². The third-order valence-corrected chi connectivity index (χ3v) is 2.72. The number of hydrogen-bond acceptors (Lipinski definition) is 4. The van der Waals surface area contributed by atoms with Gasteiger partial charge in [0.05, 0.1) is 12.1 Å². The summed E-state index contributed by atoms with van der Waals surface area (Å²) in [4.78, 5) is 35.3. The maximum Gasteiger partial charge on any atom is 0.377 e. The lowest BCUT2D eigenvalue weighted by atomic mass is 10.1. The second-order valence-electron chi connectivity index (χ2n) is 3.92. The summed E-state index contributed by atoms with van der Waals surface area (Å²) in [6, 6.07) is 6.41. The third kappa shape index (κ3) is 2.32. The number of carboxylic acids is 1. The highest BCUT2D eigenvalue weighted by Crippen LogP contribution is 2.21. The van der Waals surface area contributed by atoms with Gasteiger partial charge >= 0.3 is 5.97 Å². The van der Waals surface area contributed by atoms with Gasteiger partial charge in [0, 0.05) is 18.8 Å². The van der Waals surface area contributed by atoms with Crippen LogP contribution >= 0.6 is 0 Å². The molecule has 6 nitrogen and oxygen atoms in total. The number of hydrogen-bond donors (Lipinski definition) is 2. The summed E-state index contributed by atoms with van der Waals surface area (Å²) in [6.45, 7) is 1.16. The summed E-state index contributed by atoms with van der Waals surface area (Å²) in [6.07, 6.45) is 0. The minimum absolute atomic E-state index is 0.111. The third-order valence-electron chi connectivity index (χ3n) is 2.72. The van der Waals surface area contributed by atoms with Gasteiger partial charge in [-0.15, -0.1) is 0 Å². The van der Waals surface area contributed by atoms with Gasteiger partial charge < -0.3 is 15.3 Å². The van der Waals surface area contributed by atoms with E-state index in [1.165, 1.54) is 6.07 Å². The fourth-order valence-corrected chi connectivity index (χ4v) is 1.90. The number of carbonyl (C=O) groups excluding carboxylic acids is 2. The fraction of sp³-hybridized carbons (Fsp3) is 0.250. The maximum atomic E-state index is 11.6. The molecule has 1 fully saturated rings. The number of carboxylic acid groups (broad SMARTS) is 1. The van der Waals surface area contributed by atoms with Crippen LogP contribution < -0.4 is 10.2 Å². The summed E-state index contributed by atoms with van der Waals surface area (Å²) >= 11 is 0. The zero-order valence-electron chi connectivity index (χ0n) is 9.55. The predicted octanol–water partition coefficient (Wildman–Crippen LogP) is -0.110. The molecular formula is C12H12N2O4. The first-order valence-corrected chi connectivity index (χ1v) is 5.48. The Labute approximate surface area is 103 Å². The molecule has 0 aliphatic carbocycles. The lowest BCUT2D eigenvalue weighted by Crippen LogP contribution is -2.48. The molecule has 1 heterocycles. The van der Waals surface area contributed by atoms with E-state index in [0.717, 1.165) is 0 Å². The molecule has 1 aliphatic heterocycles.